The molecule has 0 aliphatic heterocycles. The molecule has 1 atom stereocenters. The van der Waals surface area contributed by atoms with Gasteiger partial charge in [-0.1, -0.05) is 11.2 Å². The van der Waals surface area contributed by atoms with Gasteiger partial charge >= 0.3 is 5.97 Å². The van der Waals surface area contributed by atoms with Crippen molar-refractivity contribution in [1.29, 1.82) is 0 Å². The molecule has 2 N–H and O–H groups in total. The Balaban J connectivity index is 2.27. The maximum absolute atomic E-state index is 10.2. The molecule has 1 saturated carbocycles. The Morgan fingerprint density at radius 2 is 2.33 bits per heavy atom. The van der Waals surface area contributed by atoms with E-state index in [0.29, 0.717) is 12.3 Å². The Labute approximate surface area is 88.0 Å². The first-order valence-electron chi connectivity index (χ1n) is 4.91. The van der Waals surface area contributed by atoms with Gasteiger partial charge in [-0.05, 0) is 25.2 Å². The van der Waals surface area contributed by atoms with Crippen molar-refractivity contribution >= 4 is 12.2 Å². The Bertz CT molecular complexity index is 258. The summed E-state index contributed by atoms with van der Waals surface area (Å²) in [6, 6.07) is 0. The summed E-state index contributed by atoms with van der Waals surface area (Å²) in [6.45, 7) is 0.262. The smallest absolute Gasteiger partial charge is 0.327 e. The monoisotopic (exact) mass is 213 g/mol. The molecule has 1 aliphatic carbocycles. The van der Waals surface area contributed by atoms with Gasteiger partial charge in [0.05, 0.1) is 18.9 Å². The van der Waals surface area contributed by atoms with Crippen LogP contribution in [-0.2, 0) is 9.53 Å². The quantitative estimate of drug-likeness (QED) is 0.289. The molecule has 5 nitrogen and oxygen atoms in total. The zero-order valence-electron chi connectivity index (χ0n) is 8.37. The zero-order valence-corrected chi connectivity index (χ0v) is 8.37. The third-order valence-corrected chi connectivity index (χ3v) is 2.24. The van der Waals surface area contributed by atoms with Gasteiger partial charge in [0.1, 0.15) is 0 Å². The van der Waals surface area contributed by atoms with Crippen LogP contribution in [0.4, 0.5) is 0 Å². The second-order valence-electron chi connectivity index (χ2n) is 3.48. The maximum Gasteiger partial charge on any atom is 0.327 e. The first kappa shape index (κ1) is 11.7. The van der Waals surface area contributed by atoms with E-state index in [2.05, 4.69) is 5.16 Å². The largest absolute Gasteiger partial charge is 0.478 e. The zero-order chi connectivity index (χ0) is 11.1. The third-order valence-electron chi connectivity index (χ3n) is 2.24. The Kier molecular flexibility index (Phi) is 4.83. The second-order valence-corrected chi connectivity index (χ2v) is 3.48. The lowest BCUT2D eigenvalue weighted by Crippen LogP contribution is -2.16. The average Bonchev–Trinajstić information content (AvgIpc) is 2.98. The van der Waals surface area contributed by atoms with E-state index in [1.54, 1.807) is 6.08 Å². The fraction of sp³-hybridized carbons (Fsp3) is 0.600. The molecule has 1 unspecified atom stereocenters. The number of hydrogen-bond acceptors (Lipinski definition) is 4. The van der Waals surface area contributed by atoms with E-state index in [1.807, 2.05) is 0 Å². The molecule has 15 heavy (non-hydrogen) atoms. The molecule has 5 heteroatoms. The first-order chi connectivity index (χ1) is 7.24. The van der Waals surface area contributed by atoms with Crippen LogP contribution in [-0.4, -0.2) is 35.2 Å². The summed E-state index contributed by atoms with van der Waals surface area (Å²) in [4.78, 5) is 10.2. The van der Waals surface area contributed by atoms with Crippen LogP contribution < -0.4 is 0 Å². The van der Waals surface area contributed by atoms with E-state index in [4.69, 9.17) is 15.1 Å². The maximum atomic E-state index is 10.2. The minimum atomic E-state index is -0.943. The number of carboxylic acid groups (broad SMARTS) is 1. The summed E-state index contributed by atoms with van der Waals surface area (Å²) >= 11 is 0. The van der Waals surface area contributed by atoms with Gasteiger partial charge in [-0.15, -0.1) is 0 Å². The molecule has 84 valence electrons. The van der Waals surface area contributed by atoms with Gasteiger partial charge in [-0.25, -0.2) is 4.79 Å². The number of nitrogens with zero attached hydrogens (tertiary/aromatic N) is 1. The van der Waals surface area contributed by atoms with E-state index >= 15 is 0 Å². The highest BCUT2D eigenvalue weighted by molar-refractivity contribution is 5.79. The van der Waals surface area contributed by atoms with Gasteiger partial charge in [0, 0.05) is 6.08 Å². The lowest BCUT2D eigenvalue weighted by atomic mass is 10.1. The minimum Gasteiger partial charge on any atom is -0.478 e. The van der Waals surface area contributed by atoms with Crippen LogP contribution in [0.1, 0.15) is 19.3 Å². The molecule has 0 radical (unpaired) electrons. The van der Waals surface area contributed by atoms with E-state index in [-0.39, 0.29) is 12.7 Å². The highest BCUT2D eigenvalue weighted by Crippen LogP contribution is 2.35. The third kappa shape index (κ3) is 5.17. The summed E-state index contributed by atoms with van der Waals surface area (Å²) in [5.41, 5.74) is 0. The average molecular weight is 213 g/mol. The van der Waals surface area contributed by atoms with E-state index in [9.17, 15) is 4.79 Å². The van der Waals surface area contributed by atoms with Gasteiger partial charge < -0.3 is 15.1 Å². The van der Waals surface area contributed by atoms with Crippen LogP contribution in [0.25, 0.3) is 0 Å². The molecule has 1 fully saturated rings. The van der Waals surface area contributed by atoms with Crippen LogP contribution in [0, 0.1) is 5.92 Å². The summed E-state index contributed by atoms with van der Waals surface area (Å²) < 4.78 is 5.43. The minimum absolute atomic E-state index is 0.0404. The topological polar surface area (TPSA) is 79.1 Å². The number of rotatable bonds is 7. The van der Waals surface area contributed by atoms with Gasteiger partial charge in [0.15, 0.2) is 0 Å². The predicted octanol–water partition coefficient (Wildman–Crippen LogP) is 1.27. The lowest BCUT2D eigenvalue weighted by molar-refractivity contribution is -0.131. The molecular weight excluding hydrogens is 198 g/mol. The van der Waals surface area contributed by atoms with Crippen molar-refractivity contribution in [1.82, 2.24) is 0 Å². The fourth-order valence-electron chi connectivity index (χ4n) is 1.37. The Morgan fingerprint density at radius 3 is 2.87 bits per heavy atom. The summed E-state index contributed by atoms with van der Waals surface area (Å²) in [5, 5.41) is 19.4. The molecule has 0 aromatic carbocycles. The highest BCUT2D eigenvalue weighted by atomic mass is 16.5. The number of oxime groups is 1. The number of carboxylic acids is 1. The fourth-order valence-corrected chi connectivity index (χ4v) is 1.37. The molecule has 0 amide bonds. The van der Waals surface area contributed by atoms with Crippen molar-refractivity contribution < 1.29 is 19.8 Å². The molecular formula is C10H15NO4. The number of hydrogen-bond donors (Lipinski definition) is 2. The highest BCUT2D eigenvalue weighted by Gasteiger charge is 2.30. The van der Waals surface area contributed by atoms with Gasteiger partial charge in [-0.2, -0.15) is 0 Å². The van der Waals surface area contributed by atoms with Crippen LogP contribution in [0.15, 0.2) is 17.3 Å². The van der Waals surface area contributed by atoms with Crippen molar-refractivity contribution in [3.63, 3.8) is 0 Å². The van der Waals surface area contributed by atoms with Crippen molar-refractivity contribution in [3.8, 4) is 0 Å². The van der Waals surface area contributed by atoms with Crippen LogP contribution in [0.2, 0.25) is 0 Å². The molecule has 0 aromatic heterocycles. The second kappa shape index (κ2) is 6.19. The normalized spacial score (nSPS) is 18.7. The van der Waals surface area contributed by atoms with Gasteiger partial charge in [0.2, 0.25) is 0 Å². The van der Waals surface area contributed by atoms with Crippen molar-refractivity contribution in [2.45, 2.75) is 25.4 Å². The molecule has 0 aromatic rings. The van der Waals surface area contributed by atoms with Crippen molar-refractivity contribution in [2.75, 3.05) is 6.61 Å². The number of aliphatic carboxylic acids is 1. The first-order valence-corrected chi connectivity index (χ1v) is 4.91. The standard InChI is InChI=1S/C10H15NO4/c12-10(13)3-1-2-9(8-4-5-8)15-7-6-11-14/h1,3,6,8-9,14H,2,4-5,7H2,(H,12,13). The number of carbonyl (C=O) groups is 1. The Hall–Kier alpha value is -1.36. The van der Waals surface area contributed by atoms with Gasteiger partial charge in [-0.3, -0.25) is 0 Å². The van der Waals surface area contributed by atoms with Gasteiger partial charge in [0.25, 0.3) is 0 Å². The molecule has 0 heterocycles. The predicted molar refractivity (Wildman–Crippen MR) is 54.1 cm³/mol. The lowest BCUT2D eigenvalue weighted by Gasteiger charge is -2.13. The van der Waals surface area contributed by atoms with Crippen molar-refractivity contribution in [2.24, 2.45) is 11.1 Å². The molecule has 0 bridgehead atoms. The molecule has 0 saturated heterocycles. The number of ether oxygens (including phenoxy) is 1. The summed E-state index contributed by atoms with van der Waals surface area (Å²) in [6.07, 6.45) is 6.88. The summed E-state index contributed by atoms with van der Waals surface area (Å²) in [5.74, 6) is -0.419. The van der Waals surface area contributed by atoms with Crippen LogP contribution in [0.5, 0.6) is 0 Å². The van der Waals surface area contributed by atoms with Crippen LogP contribution in [0.3, 0.4) is 0 Å². The SMILES string of the molecule is O=C(O)C=CCC(OCC=NO)C1CC1. The molecule has 1 rings (SSSR count). The van der Waals surface area contributed by atoms with E-state index < -0.39 is 5.97 Å². The van der Waals surface area contributed by atoms with E-state index in [1.165, 1.54) is 6.21 Å². The molecule has 0 spiro atoms. The van der Waals surface area contributed by atoms with Crippen molar-refractivity contribution in [3.05, 3.63) is 12.2 Å². The molecule has 1 aliphatic rings. The Morgan fingerprint density at radius 1 is 1.60 bits per heavy atom. The van der Waals surface area contributed by atoms with E-state index in [0.717, 1.165) is 18.9 Å². The summed E-state index contributed by atoms with van der Waals surface area (Å²) in [7, 11) is 0. The van der Waals surface area contributed by atoms with Crippen LogP contribution >= 0.6 is 0 Å².